The van der Waals surface area contributed by atoms with E-state index < -0.39 is 28.9 Å². The number of nitro groups is 1. The number of hydrogen-bond donors (Lipinski definition) is 2. The van der Waals surface area contributed by atoms with Crippen molar-refractivity contribution in [1.29, 1.82) is 0 Å². The molecule has 8 heteroatoms. The minimum absolute atomic E-state index is 0.115. The van der Waals surface area contributed by atoms with E-state index in [-0.39, 0.29) is 11.4 Å². The average Bonchev–Trinajstić information content (AvgIpc) is 2.26. The van der Waals surface area contributed by atoms with Crippen LogP contribution in [0.5, 0.6) is 5.75 Å². The van der Waals surface area contributed by atoms with Crippen molar-refractivity contribution in [1.82, 2.24) is 0 Å². The molecule has 92 valence electrons. The standard InChI is InChI=1S/C9H9FN2O5/c1-17-8-3-6(11-4-9(13)14)7(12(15)16)2-5(8)10/h2-3,11H,4H2,1H3,(H,13,14). The molecule has 1 aromatic carbocycles. The molecule has 7 nitrogen and oxygen atoms in total. The predicted molar refractivity (Wildman–Crippen MR) is 55.7 cm³/mol. The molecule has 1 aromatic rings. The van der Waals surface area contributed by atoms with Crippen LogP contribution in [0.25, 0.3) is 0 Å². The molecule has 0 atom stereocenters. The van der Waals surface area contributed by atoms with Crippen molar-refractivity contribution < 1.29 is 24.0 Å². The van der Waals surface area contributed by atoms with Gasteiger partial charge in [-0.25, -0.2) is 4.39 Å². The molecule has 17 heavy (non-hydrogen) atoms. The number of carboxylic acids is 1. The Balaban J connectivity index is 3.14. The number of anilines is 1. The van der Waals surface area contributed by atoms with E-state index in [4.69, 9.17) is 5.11 Å². The SMILES string of the molecule is COc1cc(NCC(=O)O)c([N+](=O)[O-])cc1F. The molecule has 0 unspecified atom stereocenters. The Kier molecular flexibility index (Phi) is 3.81. The number of benzene rings is 1. The Morgan fingerprint density at radius 2 is 2.29 bits per heavy atom. The Morgan fingerprint density at radius 1 is 1.65 bits per heavy atom. The second-order valence-electron chi connectivity index (χ2n) is 3.01. The Hall–Kier alpha value is -2.38. The summed E-state index contributed by atoms with van der Waals surface area (Å²) in [4.78, 5) is 20.2. The van der Waals surface area contributed by atoms with Crippen molar-refractivity contribution >= 4 is 17.3 Å². The molecule has 0 aromatic heterocycles. The number of methoxy groups -OCH3 is 1. The molecule has 0 fully saturated rings. The van der Waals surface area contributed by atoms with E-state index in [9.17, 15) is 19.3 Å². The number of nitrogens with one attached hydrogen (secondary N) is 1. The topological polar surface area (TPSA) is 102 Å². The lowest BCUT2D eigenvalue weighted by Crippen LogP contribution is -2.13. The van der Waals surface area contributed by atoms with Crippen LogP contribution in [-0.4, -0.2) is 29.7 Å². The molecule has 0 aliphatic heterocycles. The fourth-order valence-corrected chi connectivity index (χ4v) is 1.16. The van der Waals surface area contributed by atoms with E-state index >= 15 is 0 Å². The minimum atomic E-state index is -1.19. The number of nitrogens with zero attached hydrogens (tertiary/aromatic N) is 1. The van der Waals surface area contributed by atoms with Crippen LogP contribution in [0.4, 0.5) is 15.8 Å². The van der Waals surface area contributed by atoms with Gasteiger partial charge in [0.05, 0.1) is 18.1 Å². The van der Waals surface area contributed by atoms with Crippen LogP contribution in [0.3, 0.4) is 0 Å². The molecule has 2 N–H and O–H groups in total. The summed E-state index contributed by atoms with van der Waals surface area (Å²) in [5, 5.41) is 21.4. The molecule has 0 radical (unpaired) electrons. The number of carboxylic acid groups (broad SMARTS) is 1. The first kappa shape index (κ1) is 12.7. The lowest BCUT2D eigenvalue weighted by molar-refractivity contribution is -0.384. The predicted octanol–water partition coefficient (Wildman–Crippen LogP) is 1.24. The van der Waals surface area contributed by atoms with E-state index in [0.29, 0.717) is 6.07 Å². The second-order valence-corrected chi connectivity index (χ2v) is 3.01. The first-order valence-corrected chi connectivity index (χ1v) is 4.43. The van der Waals surface area contributed by atoms with Gasteiger partial charge >= 0.3 is 5.97 Å². The highest BCUT2D eigenvalue weighted by Crippen LogP contribution is 2.31. The van der Waals surface area contributed by atoms with Gasteiger partial charge in [-0.3, -0.25) is 14.9 Å². The second kappa shape index (κ2) is 5.10. The van der Waals surface area contributed by atoms with Gasteiger partial charge in [0.1, 0.15) is 12.2 Å². The van der Waals surface area contributed by atoms with Crippen molar-refractivity contribution in [2.45, 2.75) is 0 Å². The fourth-order valence-electron chi connectivity index (χ4n) is 1.16. The zero-order chi connectivity index (χ0) is 13.0. The maximum Gasteiger partial charge on any atom is 0.322 e. The lowest BCUT2D eigenvalue weighted by Gasteiger charge is -2.07. The van der Waals surface area contributed by atoms with Crippen molar-refractivity contribution in [2.24, 2.45) is 0 Å². The maximum atomic E-state index is 13.2. The van der Waals surface area contributed by atoms with Gasteiger partial charge in [-0.15, -0.1) is 0 Å². The number of halogens is 1. The molecule has 0 amide bonds. The normalized spacial score (nSPS) is 9.76. The smallest absolute Gasteiger partial charge is 0.322 e. The van der Waals surface area contributed by atoms with Gasteiger partial charge < -0.3 is 15.2 Å². The van der Waals surface area contributed by atoms with E-state index in [0.717, 1.165) is 6.07 Å². The van der Waals surface area contributed by atoms with E-state index in [1.807, 2.05) is 0 Å². The van der Waals surface area contributed by atoms with Gasteiger partial charge in [-0.2, -0.15) is 0 Å². The Labute approximate surface area is 95.0 Å². The van der Waals surface area contributed by atoms with Gasteiger partial charge in [-0.1, -0.05) is 0 Å². The zero-order valence-corrected chi connectivity index (χ0v) is 8.77. The van der Waals surface area contributed by atoms with Crippen LogP contribution in [-0.2, 0) is 4.79 Å². The number of nitro benzene ring substituents is 1. The van der Waals surface area contributed by atoms with Gasteiger partial charge in [0, 0.05) is 6.07 Å². The third-order valence-corrected chi connectivity index (χ3v) is 1.90. The van der Waals surface area contributed by atoms with Crippen LogP contribution < -0.4 is 10.1 Å². The van der Waals surface area contributed by atoms with Gasteiger partial charge in [0.2, 0.25) is 0 Å². The summed E-state index contributed by atoms with van der Waals surface area (Å²) in [6.45, 7) is -0.518. The lowest BCUT2D eigenvalue weighted by atomic mass is 10.2. The maximum absolute atomic E-state index is 13.2. The molecular weight excluding hydrogens is 235 g/mol. The number of rotatable bonds is 5. The van der Waals surface area contributed by atoms with Crippen molar-refractivity contribution in [2.75, 3.05) is 19.0 Å². The van der Waals surface area contributed by atoms with Crippen LogP contribution >= 0.6 is 0 Å². The number of aliphatic carboxylic acids is 1. The summed E-state index contributed by atoms with van der Waals surface area (Å²) in [6, 6.07) is 1.71. The molecule has 0 heterocycles. The molecular formula is C9H9FN2O5. The molecule has 0 aliphatic carbocycles. The first-order valence-electron chi connectivity index (χ1n) is 4.43. The number of hydrogen-bond acceptors (Lipinski definition) is 5. The number of carbonyl (C=O) groups is 1. The molecule has 1 rings (SSSR count). The fraction of sp³-hybridized carbons (Fsp3) is 0.222. The van der Waals surface area contributed by atoms with E-state index in [1.165, 1.54) is 7.11 Å². The summed E-state index contributed by atoms with van der Waals surface area (Å²) in [5.74, 6) is -2.29. The highest BCUT2D eigenvalue weighted by Gasteiger charge is 2.19. The van der Waals surface area contributed by atoms with Crippen LogP contribution in [0.15, 0.2) is 12.1 Å². The zero-order valence-electron chi connectivity index (χ0n) is 8.77. The van der Waals surface area contributed by atoms with Crippen molar-refractivity contribution in [3.63, 3.8) is 0 Å². The monoisotopic (exact) mass is 244 g/mol. The van der Waals surface area contributed by atoms with Crippen LogP contribution in [0.2, 0.25) is 0 Å². The summed E-state index contributed by atoms with van der Waals surface area (Å²) in [6.07, 6.45) is 0. The summed E-state index contributed by atoms with van der Waals surface area (Å²) >= 11 is 0. The number of ether oxygens (including phenoxy) is 1. The summed E-state index contributed by atoms with van der Waals surface area (Å²) < 4.78 is 17.9. The van der Waals surface area contributed by atoms with Crippen molar-refractivity contribution in [3.8, 4) is 5.75 Å². The summed E-state index contributed by atoms with van der Waals surface area (Å²) in [7, 11) is 1.20. The molecule has 0 saturated heterocycles. The van der Waals surface area contributed by atoms with E-state index in [2.05, 4.69) is 10.1 Å². The molecule has 0 bridgehead atoms. The van der Waals surface area contributed by atoms with Gasteiger partial charge in [0.25, 0.3) is 5.69 Å². The third kappa shape index (κ3) is 3.03. The van der Waals surface area contributed by atoms with Gasteiger partial charge in [-0.05, 0) is 0 Å². The first-order chi connectivity index (χ1) is 7.95. The minimum Gasteiger partial charge on any atom is -0.494 e. The average molecular weight is 244 g/mol. The van der Waals surface area contributed by atoms with Crippen LogP contribution in [0.1, 0.15) is 0 Å². The highest BCUT2D eigenvalue weighted by atomic mass is 19.1. The summed E-state index contributed by atoms with van der Waals surface area (Å²) in [5.41, 5.74) is -0.666. The molecule has 0 saturated carbocycles. The quantitative estimate of drug-likeness (QED) is 0.596. The van der Waals surface area contributed by atoms with Crippen molar-refractivity contribution in [3.05, 3.63) is 28.1 Å². The Morgan fingerprint density at radius 3 is 2.76 bits per heavy atom. The van der Waals surface area contributed by atoms with Crippen LogP contribution in [0, 0.1) is 15.9 Å². The largest absolute Gasteiger partial charge is 0.494 e. The van der Waals surface area contributed by atoms with E-state index in [1.54, 1.807) is 0 Å². The highest BCUT2D eigenvalue weighted by molar-refractivity contribution is 5.75. The molecule has 0 aliphatic rings. The molecule has 0 spiro atoms. The van der Waals surface area contributed by atoms with Gasteiger partial charge in [0.15, 0.2) is 11.6 Å². The Bertz CT molecular complexity index is 463. The third-order valence-electron chi connectivity index (χ3n) is 1.90.